The first-order valence-corrected chi connectivity index (χ1v) is 12.1. The van der Waals surface area contributed by atoms with Crippen molar-refractivity contribution in [3.63, 3.8) is 0 Å². The summed E-state index contributed by atoms with van der Waals surface area (Å²) in [5, 5.41) is 2.61. The van der Waals surface area contributed by atoms with E-state index in [1.165, 1.54) is 0 Å². The van der Waals surface area contributed by atoms with Gasteiger partial charge in [0, 0.05) is 0 Å². The van der Waals surface area contributed by atoms with Crippen LogP contribution >= 0.6 is 0 Å². The van der Waals surface area contributed by atoms with E-state index in [0.29, 0.717) is 22.2 Å². The molecule has 0 saturated heterocycles. The Bertz CT molecular complexity index is 1950. The van der Waals surface area contributed by atoms with Crippen molar-refractivity contribution in [1.29, 1.82) is 0 Å². The second kappa shape index (κ2) is 9.90. The highest BCUT2D eigenvalue weighted by molar-refractivity contribution is 6.14. The smallest absolute Gasteiger partial charge is 0.200 e. The highest BCUT2D eigenvalue weighted by Crippen LogP contribution is 2.42. The lowest BCUT2D eigenvalue weighted by Crippen LogP contribution is -2.06. The van der Waals surface area contributed by atoms with E-state index < -0.39 is 80.4 Å². The van der Waals surface area contributed by atoms with E-state index in [1.54, 1.807) is 48.5 Å². The van der Waals surface area contributed by atoms with Crippen LogP contribution in [0, 0.1) is 58.2 Å². The Labute approximate surface area is 230 Å². The Balaban J connectivity index is 1.77. The van der Waals surface area contributed by atoms with Crippen molar-refractivity contribution in [3.8, 4) is 33.4 Å². The molecule has 6 rings (SSSR count). The summed E-state index contributed by atoms with van der Waals surface area (Å²) in [4.78, 5) is 0. The summed E-state index contributed by atoms with van der Waals surface area (Å²) in [5.41, 5.74) is -4.24. The molecule has 0 aliphatic rings. The van der Waals surface area contributed by atoms with E-state index >= 15 is 0 Å². The molecule has 0 fully saturated rings. The Morgan fingerprint density at radius 1 is 0.310 bits per heavy atom. The summed E-state index contributed by atoms with van der Waals surface area (Å²) in [5.74, 6) is -23.1. The van der Waals surface area contributed by atoms with Gasteiger partial charge in [-0.3, -0.25) is 0 Å². The molecular formula is C32H12F10. The molecule has 0 atom stereocenters. The van der Waals surface area contributed by atoms with E-state index in [4.69, 9.17) is 0 Å². The molecule has 0 saturated carbocycles. The number of hydrogen-bond donors (Lipinski definition) is 0. The molecule has 6 aromatic rings. The highest BCUT2D eigenvalue weighted by Gasteiger charge is 2.30. The first-order valence-electron chi connectivity index (χ1n) is 12.1. The number of rotatable bonds is 3. The Morgan fingerprint density at radius 3 is 1.14 bits per heavy atom. The molecule has 0 N–H and O–H groups in total. The summed E-state index contributed by atoms with van der Waals surface area (Å²) in [6.45, 7) is 0. The molecule has 0 spiro atoms. The van der Waals surface area contributed by atoms with Gasteiger partial charge in [-0.2, -0.15) is 0 Å². The third kappa shape index (κ3) is 4.00. The lowest BCUT2D eigenvalue weighted by atomic mass is 9.88. The van der Waals surface area contributed by atoms with Gasteiger partial charge in [0.15, 0.2) is 46.5 Å². The van der Waals surface area contributed by atoms with E-state index in [2.05, 4.69) is 0 Å². The van der Waals surface area contributed by atoms with Crippen LogP contribution in [0.1, 0.15) is 0 Å². The fourth-order valence-corrected chi connectivity index (χ4v) is 5.08. The normalized spacial score (nSPS) is 11.6. The molecule has 0 amide bonds. The molecule has 10 heteroatoms. The third-order valence-corrected chi connectivity index (χ3v) is 7.01. The molecule has 0 aliphatic carbocycles. The van der Waals surface area contributed by atoms with Gasteiger partial charge in [0.2, 0.25) is 11.6 Å². The van der Waals surface area contributed by atoms with Crippen LogP contribution in [0.3, 0.4) is 0 Å². The summed E-state index contributed by atoms with van der Waals surface area (Å²) in [7, 11) is 0. The van der Waals surface area contributed by atoms with Crippen molar-refractivity contribution >= 4 is 21.5 Å². The molecule has 0 bridgehead atoms. The molecule has 0 nitrogen and oxygen atoms in total. The Hall–Kier alpha value is -4.86. The summed E-state index contributed by atoms with van der Waals surface area (Å²) in [6, 6.07) is 18.0. The lowest BCUT2D eigenvalue weighted by molar-refractivity contribution is 0.381. The van der Waals surface area contributed by atoms with Gasteiger partial charge in [-0.1, -0.05) is 48.5 Å². The first-order chi connectivity index (χ1) is 20.0. The Kier molecular flexibility index (Phi) is 6.44. The predicted molar refractivity (Wildman–Crippen MR) is 137 cm³/mol. The number of halogens is 10. The van der Waals surface area contributed by atoms with Crippen LogP contribution < -0.4 is 0 Å². The van der Waals surface area contributed by atoms with Crippen molar-refractivity contribution in [2.45, 2.75) is 0 Å². The lowest BCUT2D eigenvalue weighted by Gasteiger charge is -2.16. The standard InChI is InChI=1S/C32H12F10/c33-23-21(24(34)28(38)31(41)27(23)37)15-9-14(10-16(11-15)22-25(35)29(39)32(42)30(40)26(22)36)20-12-13-5-1-2-6-17(13)18-7-3-4-8-19(18)20/h1-12H. The topological polar surface area (TPSA) is 0 Å². The van der Waals surface area contributed by atoms with Crippen molar-refractivity contribution in [2.75, 3.05) is 0 Å². The molecule has 42 heavy (non-hydrogen) atoms. The molecule has 0 aromatic heterocycles. The van der Waals surface area contributed by atoms with Gasteiger partial charge in [-0.25, -0.2) is 43.9 Å². The van der Waals surface area contributed by atoms with Gasteiger partial charge in [0.1, 0.15) is 0 Å². The minimum atomic E-state index is -2.44. The van der Waals surface area contributed by atoms with Crippen molar-refractivity contribution in [2.24, 2.45) is 0 Å². The molecule has 0 unspecified atom stereocenters. The Morgan fingerprint density at radius 2 is 0.667 bits per heavy atom. The SMILES string of the molecule is Fc1c(F)c(F)c(-c2cc(-c3c(F)c(F)c(F)c(F)c3F)cc(-c3cc4ccccc4c4ccccc34)c2)c(F)c1F. The molecule has 0 aliphatic heterocycles. The largest absolute Gasteiger partial charge is 0.203 e. The van der Waals surface area contributed by atoms with Gasteiger partial charge in [0.25, 0.3) is 0 Å². The zero-order valence-corrected chi connectivity index (χ0v) is 20.7. The number of benzene rings is 6. The summed E-state index contributed by atoms with van der Waals surface area (Å²) < 4.78 is 144. The molecular weight excluding hydrogens is 574 g/mol. The number of fused-ring (bicyclic) bond motifs is 3. The maximum atomic E-state index is 14.9. The summed E-state index contributed by atoms with van der Waals surface area (Å²) in [6.07, 6.45) is 0. The second-order valence-corrected chi connectivity index (χ2v) is 9.38. The molecule has 0 heterocycles. The monoisotopic (exact) mass is 586 g/mol. The fraction of sp³-hybridized carbons (Fsp3) is 0. The third-order valence-electron chi connectivity index (χ3n) is 7.01. The van der Waals surface area contributed by atoms with Gasteiger partial charge in [-0.05, 0) is 68.1 Å². The van der Waals surface area contributed by atoms with Crippen LogP contribution in [-0.4, -0.2) is 0 Å². The van der Waals surface area contributed by atoms with Crippen LogP contribution in [0.2, 0.25) is 0 Å². The van der Waals surface area contributed by atoms with Crippen LogP contribution in [0.15, 0.2) is 72.8 Å². The van der Waals surface area contributed by atoms with Crippen molar-refractivity contribution in [3.05, 3.63) is 131 Å². The van der Waals surface area contributed by atoms with E-state index in [9.17, 15) is 43.9 Å². The van der Waals surface area contributed by atoms with E-state index in [1.807, 2.05) is 6.07 Å². The van der Waals surface area contributed by atoms with Crippen LogP contribution in [0.25, 0.3) is 54.9 Å². The average molecular weight is 586 g/mol. The number of hydrogen-bond acceptors (Lipinski definition) is 0. The molecule has 0 radical (unpaired) electrons. The van der Waals surface area contributed by atoms with Gasteiger partial charge < -0.3 is 0 Å². The first kappa shape index (κ1) is 27.3. The van der Waals surface area contributed by atoms with E-state index in [-0.39, 0.29) is 11.1 Å². The molecule has 210 valence electrons. The predicted octanol–water partition coefficient (Wildman–Crippen LogP) is 10.4. The van der Waals surface area contributed by atoms with Gasteiger partial charge in [0.05, 0.1) is 11.1 Å². The van der Waals surface area contributed by atoms with Crippen LogP contribution in [-0.2, 0) is 0 Å². The minimum absolute atomic E-state index is 0.0719. The molecule has 6 aromatic carbocycles. The fourth-order valence-electron chi connectivity index (χ4n) is 5.08. The maximum absolute atomic E-state index is 14.9. The average Bonchev–Trinajstić information content (AvgIpc) is 3.00. The second-order valence-electron chi connectivity index (χ2n) is 9.38. The van der Waals surface area contributed by atoms with Gasteiger partial charge in [-0.15, -0.1) is 0 Å². The van der Waals surface area contributed by atoms with Gasteiger partial charge >= 0.3 is 0 Å². The summed E-state index contributed by atoms with van der Waals surface area (Å²) >= 11 is 0. The van der Waals surface area contributed by atoms with Crippen LogP contribution in [0.4, 0.5) is 43.9 Å². The highest BCUT2D eigenvalue weighted by atomic mass is 19.2. The van der Waals surface area contributed by atoms with Crippen molar-refractivity contribution in [1.82, 2.24) is 0 Å². The van der Waals surface area contributed by atoms with Crippen molar-refractivity contribution < 1.29 is 43.9 Å². The quantitative estimate of drug-likeness (QED) is 0.0838. The van der Waals surface area contributed by atoms with Crippen LogP contribution in [0.5, 0.6) is 0 Å². The minimum Gasteiger partial charge on any atom is -0.203 e. The zero-order chi connectivity index (χ0) is 30.0. The van der Waals surface area contributed by atoms with E-state index in [0.717, 1.165) is 17.5 Å². The zero-order valence-electron chi connectivity index (χ0n) is 20.7. The maximum Gasteiger partial charge on any atom is 0.200 e.